The number of carboxylic acid groups (broad SMARTS) is 1. The van der Waals surface area contributed by atoms with Gasteiger partial charge in [-0.05, 0) is 14.0 Å². The van der Waals surface area contributed by atoms with E-state index in [0.717, 1.165) is 13.2 Å². The van der Waals surface area contributed by atoms with Crippen LogP contribution >= 0.6 is 0 Å². The highest BCUT2D eigenvalue weighted by Gasteiger charge is 2.31. The molecular weight excluding hydrogens is 184 g/mol. The molecule has 1 N–H and O–H groups in total. The fourth-order valence-corrected chi connectivity index (χ4v) is 1.51. The largest absolute Gasteiger partial charge is 0.553 e. The second kappa shape index (κ2) is 5.82. The molecule has 1 rings (SSSR count). The van der Waals surface area contributed by atoms with E-state index in [1.54, 1.807) is 4.90 Å². The van der Waals surface area contributed by atoms with Gasteiger partial charge in [-0.25, -0.2) is 4.90 Å². The summed E-state index contributed by atoms with van der Waals surface area (Å²) < 4.78 is 3.56. The maximum Gasteiger partial charge on any atom is 0.251 e. The Kier molecular flexibility index (Phi) is 5.49. The first-order chi connectivity index (χ1) is 6.40. The smallest absolute Gasteiger partial charge is 0.251 e. The van der Waals surface area contributed by atoms with E-state index >= 15 is 0 Å². The van der Waals surface area contributed by atoms with Gasteiger partial charge in [-0.15, -0.1) is 0 Å². The van der Waals surface area contributed by atoms with Gasteiger partial charge in [-0.2, -0.15) is 0 Å². The Morgan fingerprint density at radius 2 is 2.00 bits per heavy atom. The van der Waals surface area contributed by atoms with E-state index in [-0.39, 0.29) is 0 Å². The van der Waals surface area contributed by atoms with Crippen LogP contribution in [0.15, 0.2) is 0 Å². The van der Waals surface area contributed by atoms with Crippen LogP contribution in [0.2, 0.25) is 0 Å². The van der Waals surface area contributed by atoms with Gasteiger partial charge in [0, 0.05) is 14.0 Å². The lowest BCUT2D eigenvalue weighted by Gasteiger charge is -2.17. The van der Waals surface area contributed by atoms with Crippen LogP contribution in [0, 0.1) is 0 Å². The van der Waals surface area contributed by atoms with Gasteiger partial charge in [0.1, 0.15) is 6.17 Å². The molecule has 0 bridgehead atoms. The fourth-order valence-electron chi connectivity index (χ4n) is 1.51. The first-order valence-corrected chi connectivity index (χ1v) is 4.69. The summed E-state index contributed by atoms with van der Waals surface area (Å²) in [7, 11) is 5.49. The molecular formula is C9H20N2O3. The van der Waals surface area contributed by atoms with Crippen molar-refractivity contribution in [2.75, 3.05) is 27.7 Å². The molecule has 1 heterocycles. The van der Waals surface area contributed by atoms with Crippen molar-refractivity contribution < 1.29 is 19.5 Å². The molecule has 14 heavy (non-hydrogen) atoms. The van der Waals surface area contributed by atoms with E-state index < -0.39 is 6.16 Å². The summed E-state index contributed by atoms with van der Waals surface area (Å²) in [6.45, 7) is 5.85. The van der Waals surface area contributed by atoms with Gasteiger partial charge in [-0.1, -0.05) is 0 Å². The fraction of sp³-hybridized carbons (Fsp3) is 0.889. The minimum absolute atomic E-state index is 0.708. The van der Waals surface area contributed by atoms with Gasteiger partial charge in [0.2, 0.25) is 0 Å². The third-order valence-corrected chi connectivity index (χ3v) is 2.80. The number of ether oxygens (including phenoxy) is 1. The van der Waals surface area contributed by atoms with Crippen molar-refractivity contribution in [1.82, 2.24) is 4.90 Å². The van der Waals surface area contributed by atoms with Gasteiger partial charge in [0.25, 0.3) is 6.16 Å². The number of nitrogens with one attached hydrogen (secondary N) is 1. The molecule has 84 valence electrons. The predicted molar refractivity (Wildman–Crippen MR) is 50.8 cm³/mol. The van der Waals surface area contributed by atoms with Crippen molar-refractivity contribution in [1.29, 1.82) is 0 Å². The first kappa shape index (κ1) is 13.2. The van der Waals surface area contributed by atoms with Crippen molar-refractivity contribution in [2.45, 2.75) is 26.1 Å². The van der Waals surface area contributed by atoms with Crippen LogP contribution < -0.4 is 10.0 Å². The van der Waals surface area contributed by atoms with Gasteiger partial charge < -0.3 is 19.5 Å². The maximum absolute atomic E-state index is 9.03. The van der Waals surface area contributed by atoms with Crippen molar-refractivity contribution in [3.05, 3.63) is 0 Å². The first-order valence-electron chi connectivity index (χ1n) is 4.69. The summed E-state index contributed by atoms with van der Waals surface area (Å²) in [6, 6.07) is 0.764. The normalized spacial score (nSPS) is 31.9. The zero-order valence-corrected chi connectivity index (χ0v) is 9.53. The molecule has 3 unspecified atom stereocenters. The second-order valence-electron chi connectivity index (χ2n) is 3.70. The number of rotatable bonds is 0. The molecule has 0 amide bonds. The SMILES string of the molecule is CC1C[NH+](C)C(C)N1C.COC(=O)[O-]. The average Bonchev–Trinajstić information content (AvgIpc) is 2.34. The number of likely N-dealkylation sites (N-methyl/N-ethyl adjacent to an activating group) is 2. The lowest BCUT2D eigenvalue weighted by Crippen LogP contribution is -3.11. The van der Waals surface area contributed by atoms with E-state index in [1.165, 1.54) is 6.54 Å². The van der Waals surface area contributed by atoms with Gasteiger partial charge in [0.15, 0.2) is 0 Å². The molecule has 0 spiro atoms. The maximum atomic E-state index is 9.03. The molecule has 5 nitrogen and oxygen atoms in total. The molecule has 0 aromatic carbocycles. The summed E-state index contributed by atoms with van der Waals surface area (Å²) in [5.74, 6) is 0. The monoisotopic (exact) mass is 204 g/mol. The second-order valence-corrected chi connectivity index (χ2v) is 3.70. The van der Waals surface area contributed by atoms with E-state index in [0.29, 0.717) is 6.17 Å². The van der Waals surface area contributed by atoms with Gasteiger partial charge in [-0.3, -0.25) is 0 Å². The zero-order valence-electron chi connectivity index (χ0n) is 9.53. The highest BCUT2D eigenvalue weighted by atomic mass is 16.6. The van der Waals surface area contributed by atoms with Crippen LogP contribution in [0.4, 0.5) is 4.79 Å². The minimum atomic E-state index is -1.50. The number of methoxy groups -OCH3 is 1. The molecule has 0 aromatic rings. The number of quaternary nitrogens is 1. The molecule has 1 fully saturated rings. The number of nitrogens with zero attached hydrogens (tertiary/aromatic N) is 1. The highest BCUT2D eigenvalue weighted by Crippen LogP contribution is 2.00. The van der Waals surface area contributed by atoms with Crippen LogP contribution in [-0.4, -0.2) is 51.0 Å². The summed E-state index contributed by atoms with van der Waals surface area (Å²) in [6.07, 6.45) is -0.787. The number of hydrogen-bond acceptors (Lipinski definition) is 4. The van der Waals surface area contributed by atoms with Crippen LogP contribution in [0.5, 0.6) is 0 Å². The van der Waals surface area contributed by atoms with Crippen LogP contribution in [0.1, 0.15) is 13.8 Å². The molecule has 0 aliphatic carbocycles. The standard InChI is InChI=1S/C7H16N2.C2H4O3/c1-6-5-8(3)7(2)9(6)4;1-5-2(3)4/h6-7H,5H2,1-4H3;1H3,(H,3,4). The molecule has 1 aliphatic rings. The summed E-state index contributed by atoms with van der Waals surface area (Å²) in [5, 5.41) is 9.03. The van der Waals surface area contributed by atoms with Crippen molar-refractivity contribution >= 4 is 6.16 Å². The number of hydrogen-bond donors (Lipinski definition) is 1. The molecule has 0 radical (unpaired) electrons. The Morgan fingerprint density at radius 1 is 1.57 bits per heavy atom. The van der Waals surface area contributed by atoms with Crippen LogP contribution in [0.3, 0.4) is 0 Å². The Hall–Kier alpha value is -0.810. The Morgan fingerprint density at radius 3 is 2.07 bits per heavy atom. The molecule has 0 saturated carbocycles. The van der Waals surface area contributed by atoms with E-state index in [1.807, 2.05) is 0 Å². The van der Waals surface area contributed by atoms with E-state index in [4.69, 9.17) is 9.90 Å². The zero-order chi connectivity index (χ0) is 11.3. The topological polar surface area (TPSA) is 57.0 Å². The molecule has 1 aliphatic heterocycles. The Bertz CT molecular complexity index is 175. The molecule has 0 aromatic heterocycles. The minimum Gasteiger partial charge on any atom is -0.553 e. The van der Waals surface area contributed by atoms with Crippen molar-refractivity contribution in [2.24, 2.45) is 0 Å². The van der Waals surface area contributed by atoms with Crippen molar-refractivity contribution in [3.8, 4) is 0 Å². The Labute approximate surface area is 85.2 Å². The molecule has 1 saturated heterocycles. The summed E-state index contributed by atoms with van der Waals surface area (Å²) in [5.41, 5.74) is 0. The van der Waals surface area contributed by atoms with Crippen LogP contribution in [-0.2, 0) is 4.74 Å². The summed E-state index contributed by atoms with van der Waals surface area (Å²) in [4.78, 5) is 13.1. The lowest BCUT2D eigenvalue weighted by atomic mass is 10.3. The third-order valence-electron chi connectivity index (χ3n) is 2.80. The average molecular weight is 204 g/mol. The van der Waals surface area contributed by atoms with Gasteiger partial charge in [0.05, 0.1) is 19.6 Å². The lowest BCUT2D eigenvalue weighted by molar-refractivity contribution is -0.896. The molecule has 3 atom stereocenters. The quantitative estimate of drug-likeness (QED) is 0.471. The molecule has 5 heteroatoms. The third kappa shape index (κ3) is 3.93. The van der Waals surface area contributed by atoms with Crippen molar-refractivity contribution in [3.63, 3.8) is 0 Å². The van der Waals surface area contributed by atoms with E-state index in [9.17, 15) is 0 Å². The Balaban J connectivity index is 0.000000292. The van der Waals surface area contributed by atoms with Gasteiger partial charge >= 0.3 is 0 Å². The predicted octanol–water partition coefficient (Wildman–Crippen LogP) is -1.84. The highest BCUT2D eigenvalue weighted by molar-refractivity contribution is 5.53. The summed E-state index contributed by atoms with van der Waals surface area (Å²) >= 11 is 0. The number of carbonyl (C=O) groups excluding carboxylic acids is 1. The van der Waals surface area contributed by atoms with E-state index in [2.05, 4.69) is 37.6 Å². The van der Waals surface area contributed by atoms with Crippen LogP contribution in [0.25, 0.3) is 0 Å². The number of carbonyl (C=O) groups is 1.